The van der Waals surface area contributed by atoms with Crippen LogP contribution in [0.4, 0.5) is 17.2 Å². The summed E-state index contributed by atoms with van der Waals surface area (Å²) in [5, 5.41) is 25.4. The molecule has 2 aromatic heterocycles. The number of benzene rings is 2. The van der Waals surface area contributed by atoms with Gasteiger partial charge >= 0.3 is 5.97 Å². The summed E-state index contributed by atoms with van der Waals surface area (Å²) < 4.78 is 16.5. The SMILES string of the molecule is CC(CO)(Nc1cnc2c(Nc3cccc(-c4ccc5c(c4)OCCO5)c3Cl)nsc2c1)C(=O)O. The van der Waals surface area contributed by atoms with Crippen molar-refractivity contribution in [3.63, 3.8) is 0 Å². The summed E-state index contributed by atoms with van der Waals surface area (Å²) in [5.41, 5.74) is 1.93. The number of anilines is 3. The number of carbonyl (C=O) groups is 1. The topological polar surface area (TPSA) is 126 Å². The maximum atomic E-state index is 11.5. The Labute approximate surface area is 209 Å². The highest BCUT2D eigenvalue weighted by Gasteiger charge is 2.32. The van der Waals surface area contributed by atoms with E-state index in [9.17, 15) is 15.0 Å². The van der Waals surface area contributed by atoms with E-state index in [1.807, 2.05) is 36.4 Å². The van der Waals surface area contributed by atoms with Crippen molar-refractivity contribution in [2.24, 2.45) is 0 Å². The Kier molecular flexibility index (Phi) is 6.10. The second kappa shape index (κ2) is 9.21. The number of rotatable bonds is 7. The van der Waals surface area contributed by atoms with E-state index in [1.165, 1.54) is 24.7 Å². The average Bonchev–Trinajstić information content (AvgIpc) is 3.26. The number of fused-ring (bicyclic) bond motifs is 2. The number of hydrogen-bond donors (Lipinski definition) is 4. The van der Waals surface area contributed by atoms with Crippen LogP contribution in [0.25, 0.3) is 21.3 Å². The van der Waals surface area contributed by atoms with Gasteiger partial charge in [0.05, 0.1) is 33.9 Å². The number of halogens is 1. The summed E-state index contributed by atoms with van der Waals surface area (Å²) in [4.78, 5) is 15.9. The van der Waals surface area contributed by atoms with Crippen molar-refractivity contribution in [3.8, 4) is 22.6 Å². The van der Waals surface area contributed by atoms with Gasteiger partial charge < -0.3 is 30.3 Å². The van der Waals surface area contributed by atoms with Gasteiger partial charge in [0.15, 0.2) is 22.9 Å². The minimum atomic E-state index is -1.52. The number of nitrogens with one attached hydrogen (secondary N) is 2. The summed E-state index contributed by atoms with van der Waals surface area (Å²) >= 11 is 7.98. The number of carboxylic acid groups (broad SMARTS) is 1. The summed E-state index contributed by atoms with van der Waals surface area (Å²) in [6.07, 6.45) is 1.51. The molecular formula is C24H21ClN4O5S. The van der Waals surface area contributed by atoms with E-state index < -0.39 is 18.1 Å². The Bertz CT molecular complexity index is 1430. The molecule has 35 heavy (non-hydrogen) atoms. The molecule has 3 heterocycles. The maximum absolute atomic E-state index is 11.5. The van der Waals surface area contributed by atoms with Crippen molar-refractivity contribution in [2.45, 2.75) is 12.5 Å². The fourth-order valence-electron chi connectivity index (χ4n) is 3.65. The molecule has 0 bridgehead atoms. The molecule has 0 saturated heterocycles. The van der Waals surface area contributed by atoms with Crippen LogP contribution in [0, 0.1) is 0 Å². The quantitative estimate of drug-likeness (QED) is 0.277. The van der Waals surface area contributed by atoms with Crippen LogP contribution in [0.3, 0.4) is 0 Å². The number of pyridine rings is 1. The number of carboxylic acids is 1. The molecule has 5 rings (SSSR count). The molecule has 1 aliphatic heterocycles. The number of nitrogens with zero attached hydrogens (tertiary/aromatic N) is 2. The highest BCUT2D eigenvalue weighted by molar-refractivity contribution is 7.13. The molecule has 0 spiro atoms. The van der Waals surface area contributed by atoms with E-state index in [-0.39, 0.29) is 0 Å². The van der Waals surface area contributed by atoms with Gasteiger partial charge in [-0.1, -0.05) is 29.8 Å². The van der Waals surface area contributed by atoms with E-state index in [4.69, 9.17) is 21.1 Å². The largest absolute Gasteiger partial charge is 0.486 e. The molecule has 180 valence electrons. The molecule has 0 saturated carbocycles. The first-order valence-corrected chi connectivity index (χ1v) is 11.9. The van der Waals surface area contributed by atoms with Crippen molar-refractivity contribution in [1.29, 1.82) is 0 Å². The van der Waals surface area contributed by atoms with Crippen molar-refractivity contribution in [1.82, 2.24) is 9.36 Å². The molecule has 4 aromatic rings. The lowest BCUT2D eigenvalue weighted by Crippen LogP contribution is -2.46. The second-order valence-corrected chi connectivity index (χ2v) is 9.36. The molecule has 0 radical (unpaired) electrons. The standard InChI is InChI=1S/C24H21ClN4O5S/c1-24(12-30,23(31)32)28-14-10-19-21(26-11-14)22(29-35-19)27-16-4-2-3-15(20(16)25)13-5-6-17-18(9-13)34-8-7-33-17/h2-6,9-11,28,30H,7-8,12H2,1H3,(H,27,29)(H,31,32). The van der Waals surface area contributed by atoms with Crippen molar-refractivity contribution < 1.29 is 24.5 Å². The Hall–Kier alpha value is -3.60. The number of aromatic nitrogens is 2. The van der Waals surface area contributed by atoms with E-state index in [0.717, 1.165) is 15.8 Å². The number of aliphatic hydroxyl groups is 1. The molecule has 1 aliphatic rings. The number of ether oxygens (including phenoxy) is 2. The van der Waals surface area contributed by atoms with Crippen molar-refractivity contribution in [3.05, 3.63) is 53.7 Å². The van der Waals surface area contributed by atoms with Crippen molar-refractivity contribution >= 4 is 56.5 Å². The lowest BCUT2D eigenvalue weighted by Gasteiger charge is -2.24. The van der Waals surface area contributed by atoms with E-state index >= 15 is 0 Å². The highest BCUT2D eigenvalue weighted by Crippen LogP contribution is 2.40. The molecule has 1 atom stereocenters. The first-order chi connectivity index (χ1) is 16.9. The van der Waals surface area contributed by atoms with Gasteiger partial charge in [-0.05, 0) is 48.3 Å². The Balaban J connectivity index is 1.42. The average molecular weight is 513 g/mol. The van der Waals surface area contributed by atoms with E-state index in [2.05, 4.69) is 20.0 Å². The van der Waals surface area contributed by atoms with Gasteiger partial charge in [0.25, 0.3) is 0 Å². The predicted octanol–water partition coefficient (Wildman–Crippen LogP) is 4.77. The Morgan fingerprint density at radius 3 is 2.77 bits per heavy atom. The Morgan fingerprint density at radius 1 is 1.20 bits per heavy atom. The fourth-order valence-corrected chi connectivity index (χ4v) is 4.67. The lowest BCUT2D eigenvalue weighted by molar-refractivity contribution is -0.143. The van der Waals surface area contributed by atoms with E-state index in [0.29, 0.717) is 52.4 Å². The van der Waals surface area contributed by atoms with Gasteiger partial charge in [-0.2, -0.15) is 4.37 Å². The predicted molar refractivity (Wildman–Crippen MR) is 135 cm³/mol. The zero-order chi connectivity index (χ0) is 24.6. The summed E-state index contributed by atoms with van der Waals surface area (Å²) in [5.74, 6) is 0.754. The summed E-state index contributed by atoms with van der Waals surface area (Å²) in [7, 11) is 0. The molecule has 0 fully saturated rings. The third-order valence-corrected chi connectivity index (χ3v) is 6.81. The van der Waals surface area contributed by atoms with Gasteiger partial charge in [0.1, 0.15) is 18.7 Å². The first kappa shape index (κ1) is 23.2. The second-order valence-electron chi connectivity index (χ2n) is 8.17. The minimum absolute atomic E-state index is 0.463. The molecule has 0 amide bonds. The van der Waals surface area contributed by atoms with Crippen LogP contribution < -0.4 is 20.1 Å². The van der Waals surface area contributed by atoms with Crippen LogP contribution >= 0.6 is 23.1 Å². The van der Waals surface area contributed by atoms with Crippen LogP contribution in [0.1, 0.15) is 6.92 Å². The van der Waals surface area contributed by atoms with Gasteiger partial charge in [0.2, 0.25) is 0 Å². The first-order valence-electron chi connectivity index (χ1n) is 10.7. The zero-order valence-electron chi connectivity index (χ0n) is 18.5. The van der Waals surface area contributed by atoms with Gasteiger partial charge in [-0.15, -0.1) is 0 Å². The van der Waals surface area contributed by atoms with E-state index in [1.54, 1.807) is 6.07 Å². The Morgan fingerprint density at radius 2 is 2.00 bits per heavy atom. The third kappa shape index (κ3) is 4.43. The molecule has 9 nitrogen and oxygen atoms in total. The molecule has 0 aliphatic carbocycles. The molecule has 2 aromatic carbocycles. The monoisotopic (exact) mass is 512 g/mol. The lowest BCUT2D eigenvalue weighted by atomic mass is 10.0. The molecule has 11 heteroatoms. The molecular weight excluding hydrogens is 492 g/mol. The summed E-state index contributed by atoms with van der Waals surface area (Å²) in [6, 6.07) is 13.1. The minimum Gasteiger partial charge on any atom is -0.486 e. The van der Waals surface area contributed by atoms with Crippen LogP contribution in [0.5, 0.6) is 11.5 Å². The van der Waals surface area contributed by atoms with Crippen LogP contribution in [0.2, 0.25) is 5.02 Å². The van der Waals surface area contributed by atoms with Crippen LogP contribution in [0.15, 0.2) is 48.7 Å². The number of hydrogen-bond acceptors (Lipinski definition) is 9. The third-order valence-electron chi connectivity index (χ3n) is 5.63. The highest BCUT2D eigenvalue weighted by atomic mass is 35.5. The normalized spacial score (nSPS) is 14.4. The smallest absolute Gasteiger partial charge is 0.331 e. The van der Waals surface area contributed by atoms with Gasteiger partial charge in [-0.3, -0.25) is 0 Å². The van der Waals surface area contributed by atoms with Crippen molar-refractivity contribution in [2.75, 3.05) is 30.5 Å². The summed E-state index contributed by atoms with van der Waals surface area (Å²) in [6.45, 7) is 1.85. The zero-order valence-corrected chi connectivity index (χ0v) is 20.1. The van der Waals surface area contributed by atoms with Gasteiger partial charge in [-0.25, -0.2) is 9.78 Å². The maximum Gasteiger partial charge on any atom is 0.331 e. The molecule has 1 unspecified atom stereocenters. The number of aliphatic carboxylic acids is 1. The van der Waals surface area contributed by atoms with Crippen LogP contribution in [-0.4, -0.2) is 50.9 Å². The fraction of sp³-hybridized carbons (Fsp3) is 0.208. The molecule has 4 N–H and O–H groups in total. The van der Waals surface area contributed by atoms with Crippen LogP contribution in [-0.2, 0) is 4.79 Å². The van der Waals surface area contributed by atoms with Gasteiger partial charge in [0, 0.05) is 5.56 Å². The number of aliphatic hydroxyl groups excluding tert-OH is 1.